The quantitative estimate of drug-likeness (QED) is 0.671. The van der Waals surface area contributed by atoms with E-state index in [2.05, 4.69) is 4.74 Å². The van der Waals surface area contributed by atoms with Crippen molar-refractivity contribution in [3.8, 4) is 0 Å². The van der Waals surface area contributed by atoms with Gasteiger partial charge in [-0.1, -0.05) is 0 Å². The molecule has 0 saturated heterocycles. The summed E-state index contributed by atoms with van der Waals surface area (Å²) in [5, 5.41) is 0. The van der Waals surface area contributed by atoms with Gasteiger partial charge in [0.1, 0.15) is 11.5 Å². The number of aromatic nitrogens is 1. The zero-order chi connectivity index (χ0) is 11.0. The van der Waals surface area contributed by atoms with Crippen LogP contribution in [-0.2, 0) is 4.74 Å². The Balaban J connectivity index is 2.81. The van der Waals surface area contributed by atoms with Crippen LogP contribution < -0.4 is 0 Å². The molecular formula is C11H10FNO2. The molecule has 2 aromatic heterocycles. The molecule has 15 heavy (non-hydrogen) atoms. The van der Waals surface area contributed by atoms with E-state index in [1.165, 1.54) is 19.2 Å². The van der Waals surface area contributed by atoms with Gasteiger partial charge in [-0.2, -0.15) is 0 Å². The summed E-state index contributed by atoms with van der Waals surface area (Å²) >= 11 is 0. The van der Waals surface area contributed by atoms with Gasteiger partial charge < -0.3 is 9.14 Å². The number of carbonyl (C=O) groups excluding carboxylic acids is 1. The predicted octanol–water partition coefficient (Wildman–Crippen LogP) is 2.17. The van der Waals surface area contributed by atoms with Crippen molar-refractivity contribution in [1.29, 1.82) is 0 Å². The lowest BCUT2D eigenvalue weighted by Gasteiger charge is -2.06. The number of methoxy groups -OCH3 is 1. The van der Waals surface area contributed by atoms with Crippen molar-refractivity contribution in [2.24, 2.45) is 0 Å². The zero-order valence-corrected chi connectivity index (χ0v) is 8.45. The summed E-state index contributed by atoms with van der Waals surface area (Å²) in [6.07, 6.45) is 0. The van der Waals surface area contributed by atoms with Crippen LogP contribution in [0.3, 0.4) is 0 Å². The number of hydrogen-bond acceptors (Lipinski definition) is 2. The van der Waals surface area contributed by atoms with Crippen molar-refractivity contribution in [2.45, 2.75) is 6.92 Å². The van der Waals surface area contributed by atoms with Crippen LogP contribution >= 0.6 is 0 Å². The average Bonchev–Trinajstić information content (AvgIpc) is 2.62. The van der Waals surface area contributed by atoms with Gasteiger partial charge in [0.05, 0.1) is 12.6 Å². The first-order valence-electron chi connectivity index (χ1n) is 4.50. The Morgan fingerprint density at radius 1 is 1.33 bits per heavy atom. The summed E-state index contributed by atoms with van der Waals surface area (Å²) in [5.41, 5.74) is 1.51. The van der Waals surface area contributed by atoms with Crippen molar-refractivity contribution in [3.63, 3.8) is 0 Å². The summed E-state index contributed by atoms with van der Waals surface area (Å²) in [5.74, 6) is -0.824. The largest absolute Gasteiger partial charge is 0.464 e. The molecule has 0 atom stereocenters. The number of carbonyl (C=O) groups is 1. The van der Waals surface area contributed by atoms with Crippen LogP contribution in [0.4, 0.5) is 4.39 Å². The van der Waals surface area contributed by atoms with Crippen LogP contribution in [0.15, 0.2) is 24.3 Å². The van der Waals surface area contributed by atoms with Crippen molar-refractivity contribution < 1.29 is 13.9 Å². The Morgan fingerprint density at radius 3 is 2.73 bits per heavy atom. The maximum atomic E-state index is 13.4. The molecule has 2 aromatic rings. The van der Waals surface area contributed by atoms with Crippen molar-refractivity contribution in [2.75, 3.05) is 7.11 Å². The second-order valence-electron chi connectivity index (χ2n) is 3.25. The summed E-state index contributed by atoms with van der Waals surface area (Å²) in [7, 11) is 1.30. The highest BCUT2D eigenvalue weighted by Gasteiger charge is 2.13. The van der Waals surface area contributed by atoms with Crippen LogP contribution in [0.2, 0.25) is 0 Å². The molecule has 0 aromatic carbocycles. The normalized spacial score (nSPS) is 10.6. The number of halogens is 1. The Labute approximate surface area is 86.1 Å². The number of esters is 1. The van der Waals surface area contributed by atoms with E-state index in [0.29, 0.717) is 11.2 Å². The third-order valence-corrected chi connectivity index (χ3v) is 2.34. The Morgan fingerprint density at radius 2 is 2.07 bits per heavy atom. The maximum absolute atomic E-state index is 13.4. The van der Waals surface area contributed by atoms with E-state index in [1.54, 1.807) is 23.5 Å². The summed E-state index contributed by atoms with van der Waals surface area (Å²) < 4.78 is 19.5. The number of rotatable bonds is 1. The third-order valence-electron chi connectivity index (χ3n) is 2.34. The second kappa shape index (κ2) is 3.38. The first-order chi connectivity index (χ1) is 7.15. The molecular weight excluding hydrogens is 197 g/mol. The molecule has 3 nitrogen and oxygen atoms in total. The van der Waals surface area contributed by atoms with Gasteiger partial charge in [-0.15, -0.1) is 0 Å². The molecule has 0 amide bonds. The number of ether oxygens (including phenoxy) is 1. The highest BCUT2D eigenvalue weighted by atomic mass is 19.1. The lowest BCUT2D eigenvalue weighted by Crippen LogP contribution is -2.09. The predicted molar refractivity (Wildman–Crippen MR) is 53.4 cm³/mol. The topological polar surface area (TPSA) is 30.7 Å². The van der Waals surface area contributed by atoms with Gasteiger partial charge >= 0.3 is 5.97 Å². The van der Waals surface area contributed by atoms with Gasteiger partial charge in [-0.25, -0.2) is 9.18 Å². The molecule has 0 saturated carbocycles. The molecule has 0 spiro atoms. The molecule has 0 aliphatic rings. The lowest BCUT2D eigenvalue weighted by molar-refractivity contribution is 0.0592. The Hall–Kier alpha value is -1.84. The molecule has 0 N–H and O–H groups in total. The van der Waals surface area contributed by atoms with Gasteiger partial charge in [-0.05, 0) is 31.2 Å². The molecule has 0 bridgehead atoms. The molecule has 2 rings (SSSR count). The minimum Gasteiger partial charge on any atom is -0.464 e. The Kier molecular flexibility index (Phi) is 2.19. The van der Waals surface area contributed by atoms with Crippen LogP contribution in [0.25, 0.3) is 5.52 Å². The fourth-order valence-corrected chi connectivity index (χ4v) is 1.62. The fraction of sp³-hybridized carbons (Fsp3) is 0.182. The number of hydrogen-bond donors (Lipinski definition) is 0. The first kappa shape index (κ1) is 9.71. The van der Waals surface area contributed by atoms with Crippen LogP contribution in [0.5, 0.6) is 0 Å². The zero-order valence-electron chi connectivity index (χ0n) is 8.45. The smallest absolute Gasteiger partial charge is 0.355 e. The standard InChI is InChI=1S/C11H10FNO2/c1-7-3-5-9-8(12)4-6-10(13(7)9)11(14)15-2/h3-6H,1-2H3. The highest BCUT2D eigenvalue weighted by molar-refractivity contribution is 5.88. The summed E-state index contributed by atoms with van der Waals surface area (Å²) in [6, 6.07) is 6.07. The molecule has 78 valence electrons. The number of aryl methyl sites for hydroxylation is 1. The second-order valence-corrected chi connectivity index (χ2v) is 3.25. The molecule has 0 aliphatic heterocycles. The summed E-state index contributed by atoms with van der Waals surface area (Å²) in [4.78, 5) is 11.4. The van der Waals surface area contributed by atoms with Gasteiger partial charge in [0.15, 0.2) is 0 Å². The van der Waals surface area contributed by atoms with Crippen molar-refractivity contribution in [3.05, 3.63) is 41.5 Å². The number of pyridine rings is 1. The average molecular weight is 207 g/mol. The van der Waals surface area contributed by atoms with E-state index < -0.39 is 5.97 Å². The number of nitrogens with zero attached hydrogens (tertiary/aromatic N) is 1. The van der Waals surface area contributed by atoms with Gasteiger partial charge in [0, 0.05) is 5.69 Å². The first-order valence-corrected chi connectivity index (χ1v) is 4.50. The van der Waals surface area contributed by atoms with Crippen LogP contribution in [0, 0.1) is 12.7 Å². The number of fused-ring (bicyclic) bond motifs is 1. The highest BCUT2D eigenvalue weighted by Crippen LogP contribution is 2.17. The van der Waals surface area contributed by atoms with Gasteiger partial charge in [0.25, 0.3) is 0 Å². The van der Waals surface area contributed by atoms with Crippen LogP contribution in [-0.4, -0.2) is 17.5 Å². The lowest BCUT2D eigenvalue weighted by atomic mass is 10.3. The third kappa shape index (κ3) is 1.38. The monoisotopic (exact) mass is 207 g/mol. The summed E-state index contributed by atoms with van der Waals surface area (Å²) in [6.45, 7) is 1.80. The molecule has 0 unspecified atom stereocenters. The molecule has 0 fully saturated rings. The van der Waals surface area contributed by atoms with E-state index in [0.717, 1.165) is 5.69 Å². The van der Waals surface area contributed by atoms with Crippen molar-refractivity contribution in [1.82, 2.24) is 4.40 Å². The van der Waals surface area contributed by atoms with Gasteiger partial charge in [0.2, 0.25) is 0 Å². The fourth-order valence-electron chi connectivity index (χ4n) is 1.62. The van der Waals surface area contributed by atoms with Gasteiger partial charge in [-0.3, -0.25) is 0 Å². The van der Waals surface area contributed by atoms with E-state index >= 15 is 0 Å². The minimum atomic E-state index is -0.473. The Bertz CT molecular complexity index is 531. The maximum Gasteiger partial charge on any atom is 0.355 e. The molecule has 0 radical (unpaired) electrons. The van der Waals surface area contributed by atoms with Crippen molar-refractivity contribution >= 4 is 11.5 Å². The van der Waals surface area contributed by atoms with E-state index in [4.69, 9.17) is 0 Å². The van der Waals surface area contributed by atoms with E-state index in [9.17, 15) is 9.18 Å². The molecule has 2 heterocycles. The van der Waals surface area contributed by atoms with E-state index in [1.807, 2.05) is 0 Å². The van der Waals surface area contributed by atoms with Crippen LogP contribution in [0.1, 0.15) is 16.2 Å². The SMILES string of the molecule is COC(=O)c1ccc(F)c2ccc(C)n12. The molecule has 0 aliphatic carbocycles. The minimum absolute atomic E-state index is 0.330. The van der Waals surface area contributed by atoms with E-state index in [-0.39, 0.29) is 5.82 Å². The molecule has 4 heteroatoms.